The number of hydrogen-bond donors (Lipinski definition) is 1. The largest absolute Gasteiger partial charge is 0.475 e. The molecular weight excluding hydrogens is 154 g/mol. The van der Waals surface area contributed by atoms with E-state index in [2.05, 4.69) is 9.97 Å². The molecule has 1 heterocycles. The van der Waals surface area contributed by atoms with E-state index in [1.807, 2.05) is 13.8 Å². The van der Waals surface area contributed by atoms with Crippen molar-refractivity contribution in [3.8, 4) is 5.88 Å². The van der Waals surface area contributed by atoms with Crippen LogP contribution in [0.1, 0.15) is 11.4 Å². The van der Waals surface area contributed by atoms with Crippen LogP contribution in [-0.2, 0) is 0 Å². The number of rotatable bonds is 3. The molecule has 0 fully saturated rings. The van der Waals surface area contributed by atoms with Crippen molar-refractivity contribution in [3.05, 3.63) is 17.6 Å². The fourth-order valence-electron chi connectivity index (χ4n) is 0.808. The van der Waals surface area contributed by atoms with Gasteiger partial charge in [0.05, 0.1) is 11.4 Å². The van der Waals surface area contributed by atoms with E-state index in [0.717, 1.165) is 11.4 Å². The first kappa shape index (κ1) is 8.93. The number of aromatic nitrogens is 2. The van der Waals surface area contributed by atoms with Gasteiger partial charge in [0, 0.05) is 12.7 Å². The molecule has 0 saturated heterocycles. The third-order valence-corrected chi connectivity index (χ3v) is 1.39. The van der Waals surface area contributed by atoms with Gasteiger partial charge in [0.15, 0.2) is 0 Å². The molecule has 0 spiro atoms. The third-order valence-electron chi connectivity index (χ3n) is 1.39. The smallest absolute Gasteiger partial charge is 0.235 e. The van der Waals surface area contributed by atoms with Crippen molar-refractivity contribution in [2.75, 3.05) is 13.2 Å². The van der Waals surface area contributed by atoms with E-state index in [9.17, 15) is 0 Å². The van der Waals surface area contributed by atoms with Crippen LogP contribution in [0.5, 0.6) is 5.88 Å². The summed E-state index contributed by atoms with van der Waals surface area (Å²) in [5.74, 6) is 0.584. The second-order valence-electron chi connectivity index (χ2n) is 2.54. The summed E-state index contributed by atoms with van der Waals surface area (Å²) >= 11 is 0. The SMILES string of the molecule is Cc1cnc(C)c(OCCN)n1. The number of nitrogens with zero attached hydrogens (tertiary/aromatic N) is 2. The Morgan fingerprint density at radius 1 is 1.50 bits per heavy atom. The van der Waals surface area contributed by atoms with Crippen molar-refractivity contribution in [2.45, 2.75) is 13.8 Å². The lowest BCUT2D eigenvalue weighted by molar-refractivity contribution is 0.310. The molecule has 0 aliphatic carbocycles. The highest BCUT2D eigenvalue weighted by Crippen LogP contribution is 2.10. The van der Waals surface area contributed by atoms with Gasteiger partial charge in [0.25, 0.3) is 0 Å². The van der Waals surface area contributed by atoms with Gasteiger partial charge in [-0.25, -0.2) is 4.98 Å². The molecular formula is C8H13N3O. The highest BCUT2D eigenvalue weighted by molar-refractivity contribution is 5.17. The van der Waals surface area contributed by atoms with Gasteiger partial charge >= 0.3 is 0 Å². The summed E-state index contributed by atoms with van der Waals surface area (Å²) in [6, 6.07) is 0. The van der Waals surface area contributed by atoms with Crippen LogP contribution in [-0.4, -0.2) is 23.1 Å². The lowest BCUT2D eigenvalue weighted by atomic mass is 10.4. The highest BCUT2D eigenvalue weighted by Gasteiger charge is 2.01. The molecule has 0 unspecified atom stereocenters. The van der Waals surface area contributed by atoms with Crippen LogP contribution in [0.2, 0.25) is 0 Å². The average Bonchev–Trinajstić information content (AvgIpc) is 2.07. The molecule has 0 aliphatic rings. The van der Waals surface area contributed by atoms with Gasteiger partial charge in [-0.3, -0.25) is 4.98 Å². The quantitative estimate of drug-likeness (QED) is 0.709. The summed E-state index contributed by atoms with van der Waals surface area (Å²) in [6.07, 6.45) is 1.71. The lowest BCUT2D eigenvalue weighted by Crippen LogP contribution is -2.12. The maximum atomic E-state index is 5.29. The van der Waals surface area contributed by atoms with Crippen molar-refractivity contribution >= 4 is 0 Å². The normalized spacial score (nSPS) is 9.92. The van der Waals surface area contributed by atoms with E-state index in [1.54, 1.807) is 6.20 Å². The fourth-order valence-corrected chi connectivity index (χ4v) is 0.808. The summed E-state index contributed by atoms with van der Waals surface area (Å²) in [5.41, 5.74) is 6.95. The summed E-state index contributed by atoms with van der Waals surface area (Å²) in [7, 11) is 0. The number of aryl methyl sites for hydroxylation is 2. The first-order chi connectivity index (χ1) is 5.74. The average molecular weight is 167 g/mol. The number of hydrogen-bond acceptors (Lipinski definition) is 4. The van der Waals surface area contributed by atoms with Crippen LogP contribution in [0, 0.1) is 13.8 Å². The zero-order valence-corrected chi connectivity index (χ0v) is 7.37. The van der Waals surface area contributed by atoms with E-state index < -0.39 is 0 Å². The van der Waals surface area contributed by atoms with Crippen LogP contribution >= 0.6 is 0 Å². The number of ether oxygens (including phenoxy) is 1. The van der Waals surface area contributed by atoms with Gasteiger partial charge in [-0.2, -0.15) is 0 Å². The molecule has 1 aromatic rings. The molecule has 0 aliphatic heterocycles. The molecule has 0 saturated carbocycles. The van der Waals surface area contributed by atoms with E-state index in [4.69, 9.17) is 10.5 Å². The van der Waals surface area contributed by atoms with Crippen LogP contribution in [0.25, 0.3) is 0 Å². The van der Waals surface area contributed by atoms with Crippen molar-refractivity contribution < 1.29 is 4.74 Å². The zero-order valence-electron chi connectivity index (χ0n) is 7.37. The summed E-state index contributed by atoms with van der Waals surface area (Å²) in [5, 5.41) is 0. The fraction of sp³-hybridized carbons (Fsp3) is 0.500. The monoisotopic (exact) mass is 167 g/mol. The molecule has 4 nitrogen and oxygen atoms in total. The van der Waals surface area contributed by atoms with Crippen LogP contribution in [0.15, 0.2) is 6.20 Å². The van der Waals surface area contributed by atoms with Crippen molar-refractivity contribution in [1.82, 2.24) is 9.97 Å². The summed E-state index contributed by atoms with van der Waals surface area (Å²) in [4.78, 5) is 8.27. The molecule has 0 aromatic carbocycles. The zero-order chi connectivity index (χ0) is 8.97. The predicted octanol–water partition coefficient (Wildman–Crippen LogP) is 0.431. The van der Waals surface area contributed by atoms with E-state index >= 15 is 0 Å². The molecule has 0 amide bonds. The third kappa shape index (κ3) is 2.17. The Hall–Kier alpha value is -1.16. The molecule has 4 heteroatoms. The van der Waals surface area contributed by atoms with Crippen molar-refractivity contribution in [2.24, 2.45) is 5.73 Å². The van der Waals surface area contributed by atoms with Crippen molar-refractivity contribution in [3.63, 3.8) is 0 Å². The maximum Gasteiger partial charge on any atom is 0.235 e. The van der Waals surface area contributed by atoms with E-state index in [1.165, 1.54) is 0 Å². The lowest BCUT2D eigenvalue weighted by Gasteiger charge is -2.05. The van der Waals surface area contributed by atoms with Crippen LogP contribution in [0.3, 0.4) is 0 Å². The molecule has 2 N–H and O–H groups in total. The minimum atomic E-state index is 0.485. The van der Waals surface area contributed by atoms with Gasteiger partial charge in [-0.15, -0.1) is 0 Å². The Kier molecular flexibility index (Phi) is 2.99. The first-order valence-electron chi connectivity index (χ1n) is 3.87. The summed E-state index contributed by atoms with van der Waals surface area (Å²) in [6.45, 7) is 4.72. The Morgan fingerprint density at radius 3 is 2.92 bits per heavy atom. The Balaban J connectivity index is 2.75. The predicted molar refractivity (Wildman–Crippen MR) is 46.1 cm³/mol. The standard InChI is InChI=1S/C8H13N3O/c1-6-5-10-7(2)8(11-6)12-4-3-9/h5H,3-4,9H2,1-2H3. The van der Waals surface area contributed by atoms with Gasteiger partial charge in [-0.05, 0) is 13.8 Å². The molecule has 12 heavy (non-hydrogen) atoms. The Bertz CT molecular complexity index is 262. The second kappa shape index (κ2) is 4.01. The number of nitrogens with two attached hydrogens (primary N) is 1. The minimum Gasteiger partial charge on any atom is -0.475 e. The van der Waals surface area contributed by atoms with Crippen molar-refractivity contribution in [1.29, 1.82) is 0 Å². The molecule has 0 atom stereocenters. The highest BCUT2D eigenvalue weighted by atomic mass is 16.5. The first-order valence-corrected chi connectivity index (χ1v) is 3.87. The summed E-state index contributed by atoms with van der Waals surface area (Å²) < 4.78 is 5.27. The van der Waals surface area contributed by atoms with Gasteiger partial charge < -0.3 is 10.5 Å². The molecule has 1 rings (SSSR count). The second-order valence-corrected chi connectivity index (χ2v) is 2.54. The van der Waals surface area contributed by atoms with Gasteiger partial charge in [-0.1, -0.05) is 0 Å². The van der Waals surface area contributed by atoms with Gasteiger partial charge in [0.1, 0.15) is 6.61 Å². The Morgan fingerprint density at radius 2 is 2.25 bits per heavy atom. The molecule has 0 radical (unpaired) electrons. The minimum absolute atomic E-state index is 0.485. The molecule has 0 bridgehead atoms. The van der Waals surface area contributed by atoms with Crippen LogP contribution in [0.4, 0.5) is 0 Å². The van der Waals surface area contributed by atoms with Crippen LogP contribution < -0.4 is 10.5 Å². The van der Waals surface area contributed by atoms with E-state index in [0.29, 0.717) is 19.0 Å². The molecule has 1 aromatic heterocycles. The van der Waals surface area contributed by atoms with E-state index in [-0.39, 0.29) is 0 Å². The molecule has 66 valence electrons. The maximum absolute atomic E-state index is 5.29. The van der Waals surface area contributed by atoms with Gasteiger partial charge in [0.2, 0.25) is 5.88 Å². The topological polar surface area (TPSA) is 61.0 Å². The Labute approximate surface area is 71.8 Å².